The predicted octanol–water partition coefficient (Wildman–Crippen LogP) is 3.84. The van der Waals surface area contributed by atoms with Gasteiger partial charge in [0.15, 0.2) is 0 Å². The van der Waals surface area contributed by atoms with Crippen molar-refractivity contribution < 1.29 is 18.0 Å². The average molecular weight is 298 g/mol. The second-order valence-electron chi connectivity index (χ2n) is 4.08. The summed E-state index contributed by atoms with van der Waals surface area (Å²) in [7, 11) is 0. The minimum absolute atomic E-state index is 0.282. The fraction of sp³-hybridized carbons (Fsp3) is 0.364. The molecule has 7 heteroatoms. The molecule has 0 unspecified atom stereocenters. The molecule has 1 N–H and O–H groups in total. The van der Waals surface area contributed by atoms with Crippen molar-refractivity contribution in [3.8, 4) is 0 Å². The van der Waals surface area contributed by atoms with Crippen LogP contribution >= 0.6 is 23.2 Å². The van der Waals surface area contributed by atoms with E-state index < -0.39 is 22.0 Å². The third-order valence-electron chi connectivity index (χ3n) is 2.62. The van der Waals surface area contributed by atoms with Crippen LogP contribution in [0.3, 0.4) is 0 Å². The summed E-state index contributed by atoms with van der Waals surface area (Å²) in [5.74, 6) is -0.900. The first-order chi connectivity index (χ1) is 8.20. The van der Waals surface area contributed by atoms with Crippen LogP contribution in [0.4, 0.5) is 18.9 Å². The minimum Gasteiger partial charge on any atom is -0.326 e. The van der Waals surface area contributed by atoms with Crippen molar-refractivity contribution in [2.45, 2.75) is 16.9 Å². The molecule has 2 nitrogen and oxygen atoms in total. The highest BCUT2D eigenvalue weighted by atomic mass is 35.5. The van der Waals surface area contributed by atoms with E-state index in [-0.39, 0.29) is 11.6 Å². The molecule has 1 atom stereocenters. The van der Waals surface area contributed by atoms with E-state index in [1.807, 2.05) is 0 Å². The number of carbonyl (C=O) groups excluding carboxylic acids is 1. The van der Waals surface area contributed by atoms with Gasteiger partial charge in [-0.25, -0.2) is 0 Å². The number of halogens is 5. The Morgan fingerprint density at radius 1 is 1.28 bits per heavy atom. The summed E-state index contributed by atoms with van der Waals surface area (Å²) in [6, 6.07) is 4.18. The molecule has 0 heterocycles. The number of amides is 1. The van der Waals surface area contributed by atoms with E-state index in [0.717, 1.165) is 12.1 Å². The monoisotopic (exact) mass is 297 g/mol. The molecule has 1 fully saturated rings. The van der Waals surface area contributed by atoms with Gasteiger partial charge < -0.3 is 5.32 Å². The zero-order valence-corrected chi connectivity index (χ0v) is 10.4. The third-order valence-corrected chi connectivity index (χ3v) is 3.46. The highest BCUT2D eigenvalue weighted by Crippen LogP contribution is 2.53. The van der Waals surface area contributed by atoms with Crippen molar-refractivity contribution in [2.75, 3.05) is 5.32 Å². The van der Waals surface area contributed by atoms with E-state index in [4.69, 9.17) is 23.2 Å². The molecule has 1 saturated carbocycles. The maximum absolute atomic E-state index is 12.3. The smallest absolute Gasteiger partial charge is 0.326 e. The fourth-order valence-corrected chi connectivity index (χ4v) is 1.98. The summed E-state index contributed by atoms with van der Waals surface area (Å²) < 4.78 is 35.9. The molecule has 18 heavy (non-hydrogen) atoms. The van der Waals surface area contributed by atoms with Gasteiger partial charge in [0.05, 0.1) is 11.5 Å². The molecular formula is C11H8Cl2F3NO. The number of hydrogen-bond acceptors (Lipinski definition) is 1. The number of nitrogens with one attached hydrogen (secondary N) is 1. The molecule has 1 aromatic carbocycles. The molecular weight excluding hydrogens is 290 g/mol. The first-order valence-electron chi connectivity index (χ1n) is 5.06. The highest BCUT2D eigenvalue weighted by Gasteiger charge is 2.56. The number of hydrogen-bond donors (Lipinski definition) is 1. The summed E-state index contributed by atoms with van der Waals surface area (Å²) in [6.45, 7) is 0. The van der Waals surface area contributed by atoms with Gasteiger partial charge in [0.1, 0.15) is 4.33 Å². The molecule has 1 aliphatic carbocycles. The molecule has 0 bridgehead atoms. The Morgan fingerprint density at radius 3 is 2.17 bits per heavy atom. The lowest BCUT2D eigenvalue weighted by Gasteiger charge is -2.08. The predicted molar refractivity (Wildman–Crippen MR) is 62.6 cm³/mol. The standard InChI is InChI=1S/C11H8Cl2F3NO/c12-10(13)5-8(10)9(18)17-7-3-1-6(2-4-7)11(14,15)16/h1-4,8H,5H2,(H,17,18)/t8-/m0/s1. The Balaban J connectivity index is 2.01. The van der Waals surface area contributed by atoms with Crippen molar-refractivity contribution in [1.29, 1.82) is 0 Å². The molecule has 1 amide bonds. The molecule has 1 aliphatic rings. The van der Waals surface area contributed by atoms with Gasteiger partial charge in [-0.2, -0.15) is 13.2 Å². The zero-order chi connectivity index (χ0) is 13.6. The van der Waals surface area contributed by atoms with Gasteiger partial charge in [0, 0.05) is 5.69 Å². The van der Waals surface area contributed by atoms with Crippen LogP contribution in [-0.4, -0.2) is 10.2 Å². The third kappa shape index (κ3) is 2.90. The summed E-state index contributed by atoms with van der Waals surface area (Å²) in [5, 5.41) is 2.46. The SMILES string of the molecule is O=C(Nc1ccc(C(F)(F)F)cc1)[C@@H]1CC1(Cl)Cl. The molecule has 0 spiro atoms. The van der Waals surface area contributed by atoms with Crippen molar-refractivity contribution in [1.82, 2.24) is 0 Å². The van der Waals surface area contributed by atoms with E-state index in [0.29, 0.717) is 6.42 Å². The molecule has 0 aliphatic heterocycles. The number of benzene rings is 1. The first-order valence-corrected chi connectivity index (χ1v) is 5.82. The van der Waals surface area contributed by atoms with Gasteiger partial charge in [-0.1, -0.05) is 0 Å². The summed E-state index contributed by atoms with van der Waals surface area (Å²) in [6.07, 6.45) is -4.04. The van der Waals surface area contributed by atoms with Crippen LogP contribution in [0.5, 0.6) is 0 Å². The zero-order valence-electron chi connectivity index (χ0n) is 8.89. The molecule has 2 rings (SSSR count). The van der Waals surface area contributed by atoms with Crippen LogP contribution in [0, 0.1) is 5.92 Å². The molecule has 0 aromatic heterocycles. The quantitative estimate of drug-likeness (QED) is 0.826. The van der Waals surface area contributed by atoms with Gasteiger partial charge in [-0.3, -0.25) is 4.79 Å². The summed E-state index contributed by atoms with van der Waals surface area (Å²) >= 11 is 11.4. The summed E-state index contributed by atoms with van der Waals surface area (Å²) in [4.78, 5) is 11.6. The van der Waals surface area contributed by atoms with Crippen molar-refractivity contribution in [3.63, 3.8) is 0 Å². The lowest BCUT2D eigenvalue weighted by Crippen LogP contribution is -2.17. The fourth-order valence-electron chi connectivity index (χ4n) is 1.47. The Morgan fingerprint density at radius 2 is 1.78 bits per heavy atom. The average Bonchev–Trinajstić information content (AvgIpc) is 2.87. The van der Waals surface area contributed by atoms with Gasteiger partial charge in [-0.05, 0) is 30.7 Å². The van der Waals surface area contributed by atoms with Crippen LogP contribution < -0.4 is 5.32 Å². The Hall–Kier alpha value is -0.940. The van der Waals surface area contributed by atoms with Gasteiger partial charge in [0.2, 0.25) is 5.91 Å². The maximum atomic E-state index is 12.3. The van der Waals surface area contributed by atoms with E-state index in [1.54, 1.807) is 0 Å². The Kier molecular flexibility index (Phi) is 3.23. The van der Waals surface area contributed by atoms with E-state index in [9.17, 15) is 18.0 Å². The van der Waals surface area contributed by atoms with E-state index >= 15 is 0 Å². The minimum atomic E-state index is -4.39. The molecule has 0 radical (unpaired) electrons. The van der Waals surface area contributed by atoms with Crippen molar-refractivity contribution in [3.05, 3.63) is 29.8 Å². The van der Waals surface area contributed by atoms with E-state index in [1.165, 1.54) is 12.1 Å². The highest BCUT2D eigenvalue weighted by molar-refractivity contribution is 6.52. The van der Waals surface area contributed by atoms with Crippen molar-refractivity contribution in [2.24, 2.45) is 5.92 Å². The van der Waals surface area contributed by atoms with Crippen LogP contribution in [0.25, 0.3) is 0 Å². The van der Waals surface area contributed by atoms with Gasteiger partial charge in [-0.15, -0.1) is 23.2 Å². The second-order valence-corrected chi connectivity index (χ2v) is 5.62. The number of anilines is 1. The summed E-state index contributed by atoms with van der Waals surface area (Å²) in [5.41, 5.74) is -0.486. The first kappa shape index (κ1) is 13.5. The van der Waals surface area contributed by atoms with Gasteiger partial charge >= 0.3 is 6.18 Å². The van der Waals surface area contributed by atoms with Gasteiger partial charge in [0.25, 0.3) is 0 Å². The van der Waals surface area contributed by atoms with Crippen LogP contribution in [0.2, 0.25) is 0 Å². The normalized spacial score (nSPS) is 21.5. The molecule has 98 valence electrons. The molecule has 0 saturated heterocycles. The Labute approximate surface area is 111 Å². The van der Waals surface area contributed by atoms with Crippen LogP contribution in [0.1, 0.15) is 12.0 Å². The van der Waals surface area contributed by atoms with E-state index in [2.05, 4.69) is 5.32 Å². The second kappa shape index (κ2) is 4.31. The lowest BCUT2D eigenvalue weighted by molar-refractivity contribution is -0.137. The number of rotatable bonds is 2. The molecule has 1 aromatic rings. The van der Waals surface area contributed by atoms with Crippen LogP contribution in [-0.2, 0) is 11.0 Å². The number of alkyl halides is 5. The van der Waals surface area contributed by atoms with Crippen LogP contribution in [0.15, 0.2) is 24.3 Å². The topological polar surface area (TPSA) is 29.1 Å². The largest absolute Gasteiger partial charge is 0.416 e. The lowest BCUT2D eigenvalue weighted by atomic mass is 10.2. The van der Waals surface area contributed by atoms with Crippen molar-refractivity contribution >= 4 is 34.8 Å². The maximum Gasteiger partial charge on any atom is 0.416 e. The number of carbonyl (C=O) groups is 1. The Bertz CT molecular complexity index is 470.